The van der Waals surface area contributed by atoms with Crippen LogP contribution in [0.5, 0.6) is 0 Å². The van der Waals surface area contributed by atoms with Crippen molar-refractivity contribution in [2.24, 2.45) is 0 Å². The van der Waals surface area contributed by atoms with E-state index < -0.39 is 0 Å². The minimum atomic E-state index is 0. The van der Waals surface area contributed by atoms with E-state index in [2.05, 4.69) is 53.2 Å². The number of benzene rings is 2. The van der Waals surface area contributed by atoms with Crippen LogP contribution >= 0.6 is 24.8 Å². The van der Waals surface area contributed by atoms with E-state index in [1.807, 2.05) is 12.1 Å². The summed E-state index contributed by atoms with van der Waals surface area (Å²) in [6.45, 7) is 4.55. The molecule has 2 aliphatic rings. The zero-order valence-corrected chi connectivity index (χ0v) is 15.5. The van der Waals surface area contributed by atoms with Crippen molar-refractivity contribution in [1.82, 2.24) is 9.80 Å². The Morgan fingerprint density at radius 1 is 0.875 bits per heavy atom. The summed E-state index contributed by atoms with van der Waals surface area (Å²) >= 11 is 0. The maximum Gasteiger partial charge on any atom is 0.0478 e. The number of rotatable bonds is 1. The van der Waals surface area contributed by atoms with E-state index in [-0.39, 0.29) is 24.8 Å². The maximum atomic E-state index is 5.86. The SMILES string of the molecule is CN1CCN2C[C@H](c3ccc(N)cc3)c3ccccc3[C@H]2C1.Cl.Cl. The standard InChI is InChI=1S/C19H23N3.2ClH/c1-21-10-11-22-12-18(14-6-8-15(20)9-7-14)16-4-2-3-5-17(16)19(22)13-21;;/h2-9,18-19H,10-13,20H2,1H3;2*1H/t18-,19-;;/m1../s1. The van der Waals surface area contributed by atoms with Gasteiger partial charge in [-0.15, -0.1) is 24.8 Å². The molecule has 2 aromatic carbocycles. The van der Waals surface area contributed by atoms with Crippen LogP contribution in [0.1, 0.15) is 28.7 Å². The molecule has 0 unspecified atom stereocenters. The molecule has 2 heterocycles. The molecule has 4 rings (SSSR count). The summed E-state index contributed by atoms with van der Waals surface area (Å²) in [5.41, 5.74) is 11.1. The Labute approximate surface area is 156 Å². The van der Waals surface area contributed by atoms with Gasteiger partial charge in [0.05, 0.1) is 0 Å². The van der Waals surface area contributed by atoms with Crippen LogP contribution in [0.3, 0.4) is 0 Å². The fourth-order valence-electron chi connectivity index (χ4n) is 3.95. The second-order valence-electron chi connectivity index (χ2n) is 6.62. The molecular weight excluding hydrogens is 341 g/mol. The van der Waals surface area contributed by atoms with Gasteiger partial charge in [0.2, 0.25) is 0 Å². The molecule has 0 saturated carbocycles. The van der Waals surface area contributed by atoms with E-state index in [1.165, 1.54) is 16.7 Å². The van der Waals surface area contributed by atoms with E-state index in [9.17, 15) is 0 Å². The van der Waals surface area contributed by atoms with Crippen LogP contribution in [0.2, 0.25) is 0 Å². The van der Waals surface area contributed by atoms with E-state index in [0.717, 1.165) is 31.9 Å². The maximum absolute atomic E-state index is 5.86. The summed E-state index contributed by atoms with van der Waals surface area (Å²) in [4.78, 5) is 5.10. The Balaban J connectivity index is 0.00000104. The summed E-state index contributed by atoms with van der Waals surface area (Å²) in [6, 6.07) is 17.9. The number of nitrogen functional groups attached to an aromatic ring is 1. The van der Waals surface area contributed by atoms with Crippen LogP contribution in [-0.2, 0) is 0 Å². The molecule has 24 heavy (non-hydrogen) atoms. The van der Waals surface area contributed by atoms with Gasteiger partial charge in [0.25, 0.3) is 0 Å². The van der Waals surface area contributed by atoms with Crippen LogP contribution in [-0.4, -0.2) is 43.0 Å². The fourth-order valence-corrected chi connectivity index (χ4v) is 3.95. The summed E-state index contributed by atoms with van der Waals surface area (Å²) in [6.07, 6.45) is 0. The Hall–Kier alpha value is -1.26. The smallest absolute Gasteiger partial charge is 0.0478 e. The summed E-state index contributed by atoms with van der Waals surface area (Å²) < 4.78 is 0. The van der Waals surface area contributed by atoms with Gasteiger partial charge >= 0.3 is 0 Å². The lowest BCUT2D eigenvalue weighted by molar-refractivity contribution is 0.0772. The molecule has 2 aromatic rings. The molecule has 0 spiro atoms. The minimum Gasteiger partial charge on any atom is -0.399 e. The third-order valence-electron chi connectivity index (χ3n) is 5.18. The van der Waals surface area contributed by atoms with Gasteiger partial charge in [-0.3, -0.25) is 4.90 Å². The normalized spacial score (nSPS) is 23.4. The van der Waals surface area contributed by atoms with Gasteiger partial charge in [-0.05, 0) is 35.9 Å². The van der Waals surface area contributed by atoms with Crippen molar-refractivity contribution >= 4 is 30.5 Å². The summed E-state index contributed by atoms with van der Waals surface area (Å²) in [5.74, 6) is 0.455. The van der Waals surface area contributed by atoms with E-state index >= 15 is 0 Å². The number of nitrogens with zero attached hydrogens (tertiary/aromatic N) is 2. The molecule has 2 atom stereocenters. The van der Waals surface area contributed by atoms with Crippen molar-refractivity contribution in [1.29, 1.82) is 0 Å². The zero-order valence-electron chi connectivity index (χ0n) is 13.9. The van der Waals surface area contributed by atoms with Gasteiger partial charge in [-0.1, -0.05) is 36.4 Å². The molecule has 0 radical (unpaired) electrons. The van der Waals surface area contributed by atoms with Crippen molar-refractivity contribution in [2.45, 2.75) is 12.0 Å². The average molecular weight is 366 g/mol. The number of piperazine rings is 1. The number of halogens is 2. The van der Waals surface area contributed by atoms with Crippen LogP contribution in [0.4, 0.5) is 5.69 Å². The first-order valence-corrected chi connectivity index (χ1v) is 8.09. The molecule has 1 saturated heterocycles. The van der Waals surface area contributed by atoms with E-state index in [1.54, 1.807) is 0 Å². The molecule has 2 aliphatic heterocycles. The monoisotopic (exact) mass is 365 g/mol. The first-order valence-electron chi connectivity index (χ1n) is 8.09. The number of hydrogen-bond acceptors (Lipinski definition) is 3. The Morgan fingerprint density at radius 3 is 2.25 bits per heavy atom. The molecule has 3 nitrogen and oxygen atoms in total. The Morgan fingerprint density at radius 2 is 1.54 bits per heavy atom. The molecule has 0 aromatic heterocycles. The average Bonchev–Trinajstić information content (AvgIpc) is 2.55. The van der Waals surface area contributed by atoms with E-state index in [4.69, 9.17) is 5.73 Å². The van der Waals surface area contributed by atoms with Crippen molar-refractivity contribution in [3.8, 4) is 0 Å². The number of nitrogens with two attached hydrogens (primary N) is 1. The minimum absolute atomic E-state index is 0. The predicted octanol–water partition coefficient (Wildman–Crippen LogP) is 3.55. The first-order chi connectivity index (χ1) is 10.7. The van der Waals surface area contributed by atoms with Gasteiger partial charge in [0.1, 0.15) is 0 Å². The quantitative estimate of drug-likeness (QED) is 0.784. The number of hydrogen-bond donors (Lipinski definition) is 1. The van der Waals surface area contributed by atoms with Gasteiger partial charge in [0, 0.05) is 43.8 Å². The van der Waals surface area contributed by atoms with Gasteiger partial charge < -0.3 is 10.6 Å². The van der Waals surface area contributed by atoms with Crippen molar-refractivity contribution in [2.75, 3.05) is 39.0 Å². The highest BCUT2D eigenvalue weighted by molar-refractivity contribution is 5.85. The highest BCUT2D eigenvalue weighted by atomic mass is 35.5. The highest BCUT2D eigenvalue weighted by Gasteiger charge is 2.36. The molecule has 0 amide bonds. The highest BCUT2D eigenvalue weighted by Crippen LogP contribution is 2.40. The van der Waals surface area contributed by atoms with Crippen molar-refractivity contribution in [3.63, 3.8) is 0 Å². The second kappa shape index (κ2) is 7.75. The van der Waals surface area contributed by atoms with Crippen LogP contribution in [0.25, 0.3) is 0 Å². The van der Waals surface area contributed by atoms with Crippen molar-refractivity contribution in [3.05, 3.63) is 65.2 Å². The zero-order chi connectivity index (χ0) is 15.1. The molecule has 2 N–H and O–H groups in total. The summed E-state index contributed by atoms with van der Waals surface area (Å²) in [7, 11) is 2.23. The molecule has 0 bridgehead atoms. The van der Waals surface area contributed by atoms with Crippen molar-refractivity contribution < 1.29 is 0 Å². The summed E-state index contributed by atoms with van der Waals surface area (Å²) in [5, 5.41) is 0. The van der Waals surface area contributed by atoms with Gasteiger partial charge in [-0.2, -0.15) is 0 Å². The van der Waals surface area contributed by atoms with Crippen LogP contribution in [0.15, 0.2) is 48.5 Å². The lowest BCUT2D eigenvalue weighted by atomic mass is 9.80. The number of fused-ring (bicyclic) bond motifs is 3. The van der Waals surface area contributed by atoms with Gasteiger partial charge in [0.15, 0.2) is 0 Å². The second-order valence-corrected chi connectivity index (χ2v) is 6.62. The fraction of sp³-hybridized carbons (Fsp3) is 0.368. The first kappa shape index (κ1) is 19.1. The lowest BCUT2D eigenvalue weighted by Crippen LogP contribution is -2.50. The molecule has 5 heteroatoms. The lowest BCUT2D eigenvalue weighted by Gasteiger charge is -2.46. The third-order valence-corrected chi connectivity index (χ3v) is 5.18. The third kappa shape index (κ3) is 3.40. The molecular formula is C19H25Cl2N3. The largest absolute Gasteiger partial charge is 0.399 e. The predicted molar refractivity (Wildman–Crippen MR) is 105 cm³/mol. The Bertz CT molecular complexity index is 675. The molecule has 130 valence electrons. The molecule has 1 fully saturated rings. The van der Waals surface area contributed by atoms with Gasteiger partial charge in [-0.25, -0.2) is 0 Å². The Kier molecular flexibility index (Phi) is 6.16. The van der Waals surface area contributed by atoms with Crippen LogP contribution < -0.4 is 5.73 Å². The van der Waals surface area contributed by atoms with E-state index in [0.29, 0.717) is 12.0 Å². The molecule has 0 aliphatic carbocycles. The topological polar surface area (TPSA) is 32.5 Å². The number of anilines is 1. The van der Waals surface area contributed by atoms with Crippen LogP contribution in [0, 0.1) is 0 Å². The number of likely N-dealkylation sites (N-methyl/N-ethyl adjacent to an activating group) is 1.